The van der Waals surface area contributed by atoms with Crippen molar-refractivity contribution in [3.63, 3.8) is 0 Å². The maximum atomic E-state index is 13.5. The summed E-state index contributed by atoms with van der Waals surface area (Å²) in [5.41, 5.74) is 4.50. The lowest BCUT2D eigenvalue weighted by molar-refractivity contribution is -0.00459. The Balaban J connectivity index is 2.00. The van der Waals surface area contributed by atoms with Crippen LogP contribution in [-0.4, -0.2) is 35.7 Å². The highest BCUT2D eigenvalue weighted by atomic mass is 32.2. The first-order valence-corrected chi connectivity index (χ1v) is 11.4. The Hall–Kier alpha value is -0.903. The number of hydrogen-bond acceptors (Lipinski definition) is 6. The highest BCUT2D eigenvalue weighted by molar-refractivity contribution is 8.00. The van der Waals surface area contributed by atoms with E-state index >= 15 is 0 Å². The smallest absolute Gasteiger partial charge is 0.351 e. The molecule has 2 heterocycles. The van der Waals surface area contributed by atoms with Crippen LogP contribution in [0.1, 0.15) is 27.0 Å². The third kappa shape index (κ3) is 4.14. The predicted molar refractivity (Wildman–Crippen MR) is 92.4 cm³/mol. The average molecular weight is 362 g/mol. The minimum atomic E-state index is -1.85. The Morgan fingerprint density at radius 3 is 2.83 bits per heavy atom. The molecule has 0 spiro atoms. The normalized spacial score (nSPS) is 22.5. The van der Waals surface area contributed by atoms with Crippen LogP contribution < -0.4 is 11.4 Å². The Morgan fingerprint density at radius 1 is 1.57 bits per heavy atom. The molecule has 0 aliphatic carbocycles. The zero-order chi connectivity index (χ0) is 17.4. The Morgan fingerprint density at radius 2 is 2.22 bits per heavy atom. The first kappa shape index (κ1) is 18.4. The van der Waals surface area contributed by atoms with Gasteiger partial charge in [-0.1, -0.05) is 20.8 Å². The van der Waals surface area contributed by atoms with Gasteiger partial charge in [-0.25, -0.2) is 9.18 Å². The highest BCUT2D eigenvalue weighted by Gasteiger charge is 2.39. The van der Waals surface area contributed by atoms with Crippen molar-refractivity contribution in [3.8, 4) is 0 Å². The first-order chi connectivity index (χ1) is 10.5. The zero-order valence-electron chi connectivity index (χ0n) is 14.1. The van der Waals surface area contributed by atoms with E-state index in [1.807, 2.05) is 0 Å². The van der Waals surface area contributed by atoms with Crippen molar-refractivity contribution >= 4 is 25.9 Å². The van der Waals surface area contributed by atoms with E-state index in [0.29, 0.717) is 12.4 Å². The fourth-order valence-corrected chi connectivity index (χ4v) is 3.94. The van der Waals surface area contributed by atoms with E-state index < -0.39 is 31.9 Å². The first-order valence-electron chi connectivity index (χ1n) is 7.46. The fraction of sp³-hybridized carbons (Fsp3) is 0.714. The molecule has 9 heteroatoms. The largest absolute Gasteiger partial charge is 0.413 e. The summed E-state index contributed by atoms with van der Waals surface area (Å²) in [5.74, 6) is -0.579. The van der Waals surface area contributed by atoms with Crippen LogP contribution in [0.15, 0.2) is 11.0 Å². The molecule has 23 heavy (non-hydrogen) atoms. The number of halogens is 1. The van der Waals surface area contributed by atoms with Crippen molar-refractivity contribution < 1.29 is 13.6 Å². The molecular formula is C14H24FN3O3SSi. The number of aromatic nitrogens is 2. The number of hydrogen-bond donors (Lipinski definition) is 1. The molecule has 0 saturated carbocycles. The van der Waals surface area contributed by atoms with E-state index in [0.717, 1.165) is 10.8 Å². The third-order valence-corrected chi connectivity index (χ3v) is 9.96. The van der Waals surface area contributed by atoms with Crippen LogP contribution in [-0.2, 0) is 9.16 Å². The van der Waals surface area contributed by atoms with E-state index in [-0.39, 0.29) is 10.5 Å². The summed E-state index contributed by atoms with van der Waals surface area (Å²) < 4.78 is 26.6. The van der Waals surface area contributed by atoms with E-state index in [1.54, 1.807) is 11.8 Å². The highest BCUT2D eigenvalue weighted by Crippen LogP contribution is 2.38. The van der Waals surface area contributed by atoms with Crippen LogP contribution in [0.2, 0.25) is 18.1 Å². The predicted octanol–water partition coefficient (Wildman–Crippen LogP) is 2.57. The van der Waals surface area contributed by atoms with Gasteiger partial charge in [0, 0.05) is 5.75 Å². The lowest BCUT2D eigenvalue weighted by Gasteiger charge is -2.36. The maximum absolute atomic E-state index is 13.5. The Bertz CT molecular complexity index is 633. The lowest BCUT2D eigenvalue weighted by atomic mass is 10.2. The van der Waals surface area contributed by atoms with Gasteiger partial charge in [0.15, 0.2) is 20.0 Å². The van der Waals surface area contributed by atoms with Gasteiger partial charge in [0.1, 0.15) is 11.7 Å². The molecule has 0 bridgehead atoms. The van der Waals surface area contributed by atoms with Gasteiger partial charge in [-0.15, -0.1) is 11.8 Å². The number of nitrogens with zero attached hydrogens (tertiary/aromatic N) is 2. The lowest BCUT2D eigenvalue weighted by Crippen LogP contribution is -2.42. The van der Waals surface area contributed by atoms with Gasteiger partial charge in [0.05, 0.1) is 12.8 Å². The molecule has 0 unspecified atom stereocenters. The second kappa shape index (κ2) is 6.54. The summed E-state index contributed by atoms with van der Waals surface area (Å²) in [7, 11) is -1.85. The molecule has 2 N–H and O–H groups in total. The summed E-state index contributed by atoms with van der Waals surface area (Å²) in [6.07, 6.45) is 0.496. The summed E-state index contributed by atoms with van der Waals surface area (Å²) >= 11 is 1.55. The Labute approximate surface area is 140 Å². The van der Waals surface area contributed by atoms with Crippen LogP contribution in [0.25, 0.3) is 0 Å². The van der Waals surface area contributed by atoms with Crippen LogP contribution in [0.3, 0.4) is 0 Å². The monoisotopic (exact) mass is 361 g/mol. The second-order valence-corrected chi connectivity index (χ2v) is 13.1. The van der Waals surface area contributed by atoms with Crippen LogP contribution >= 0.6 is 11.8 Å². The maximum Gasteiger partial charge on any atom is 0.351 e. The molecule has 1 aliphatic heterocycles. The summed E-state index contributed by atoms with van der Waals surface area (Å²) in [6.45, 7) is 11.3. The topological polar surface area (TPSA) is 79.4 Å². The molecular weight excluding hydrogens is 337 g/mol. The van der Waals surface area contributed by atoms with Crippen LogP contribution in [0.4, 0.5) is 10.2 Å². The standard InChI is InChI=1S/C14H24FN3O3SSi/c1-14(2,3)23(4,5)20-7-11-21-10(8-22-11)18-6-9(15)12(16)17-13(18)19/h6,10-11H,7-8H2,1-5H3,(H2,16,17,19)/t10-,11+/m1/s1. The molecule has 0 radical (unpaired) electrons. The minimum absolute atomic E-state index is 0.122. The van der Waals surface area contributed by atoms with Crippen molar-refractivity contribution in [1.82, 2.24) is 9.55 Å². The number of thioether (sulfide) groups is 1. The van der Waals surface area contributed by atoms with Crippen molar-refractivity contribution in [3.05, 3.63) is 22.5 Å². The van der Waals surface area contributed by atoms with Gasteiger partial charge in [-0.3, -0.25) is 4.57 Å². The SMILES string of the molecule is CC(C)(C)[Si](C)(C)OC[C@H]1O[C@@H](n2cc(F)c(N)nc2=O)CS1. The van der Waals surface area contributed by atoms with Crippen molar-refractivity contribution in [2.24, 2.45) is 0 Å². The van der Waals surface area contributed by atoms with Gasteiger partial charge in [0.2, 0.25) is 0 Å². The minimum Gasteiger partial charge on any atom is -0.413 e. The molecule has 0 amide bonds. The van der Waals surface area contributed by atoms with Gasteiger partial charge in [0.25, 0.3) is 0 Å². The molecule has 2 rings (SSSR count). The van der Waals surface area contributed by atoms with Gasteiger partial charge >= 0.3 is 5.69 Å². The van der Waals surface area contributed by atoms with E-state index in [2.05, 4.69) is 38.8 Å². The molecule has 1 aromatic rings. The number of nitrogen functional groups attached to an aromatic ring is 1. The Kier molecular flexibility index (Phi) is 5.24. The molecule has 2 atom stereocenters. The third-order valence-electron chi connectivity index (χ3n) is 4.36. The molecule has 0 aromatic carbocycles. The van der Waals surface area contributed by atoms with E-state index in [1.165, 1.54) is 0 Å². The van der Waals surface area contributed by atoms with Crippen LogP contribution in [0, 0.1) is 5.82 Å². The summed E-state index contributed by atoms with van der Waals surface area (Å²) in [6, 6.07) is 0. The molecule has 130 valence electrons. The quantitative estimate of drug-likeness (QED) is 0.831. The van der Waals surface area contributed by atoms with Gasteiger partial charge in [-0.05, 0) is 18.1 Å². The average Bonchev–Trinajstić information content (AvgIpc) is 2.88. The van der Waals surface area contributed by atoms with Gasteiger partial charge < -0.3 is 14.9 Å². The number of ether oxygens (including phenoxy) is 1. The van der Waals surface area contributed by atoms with Crippen LogP contribution in [0.5, 0.6) is 0 Å². The molecule has 1 aromatic heterocycles. The molecule has 6 nitrogen and oxygen atoms in total. The van der Waals surface area contributed by atoms with Crippen molar-refractivity contribution in [2.45, 2.75) is 50.6 Å². The van der Waals surface area contributed by atoms with Crippen molar-refractivity contribution in [2.75, 3.05) is 18.1 Å². The van der Waals surface area contributed by atoms with Crippen molar-refractivity contribution in [1.29, 1.82) is 0 Å². The number of nitrogens with two attached hydrogens (primary N) is 1. The van der Waals surface area contributed by atoms with Gasteiger partial charge in [-0.2, -0.15) is 4.98 Å². The van der Waals surface area contributed by atoms with E-state index in [9.17, 15) is 9.18 Å². The fourth-order valence-electron chi connectivity index (χ4n) is 1.83. The molecule has 1 saturated heterocycles. The summed E-state index contributed by atoms with van der Waals surface area (Å²) in [4.78, 5) is 15.3. The zero-order valence-corrected chi connectivity index (χ0v) is 15.9. The number of anilines is 1. The number of rotatable bonds is 4. The van der Waals surface area contributed by atoms with E-state index in [4.69, 9.17) is 14.9 Å². The molecule has 1 fully saturated rings. The summed E-state index contributed by atoms with van der Waals surface area (Å²) in [5, 5.41) is 0.122. The second-order valence-electron chi connectivity index (χ2n) is 7.09. The molecule has 1 aliphatic rings.